The van der Waals surface area contributed by atoms with Crippen LogP contribution >= 0.6 is 0 Å². The number of hydrogen-bond donors (Lipinski definition) is 1. The Labute approximate surface area is 189 Å². The van der Waals surface area contributed by atoms with Gasteiger partial charge in [-0.2, -0.15) is 13.2 Å². The van der Waals surface area contributed by atoms with Gasteiger partial charge in [-0.15, -0.1) is 0 Å². The Hall–Kier alpha value is -2.66. The molecule has 0 unspecified atom stereocenters. The summed E-state index contributed by atoms with van der Waals surface area (Å²) in [5, 5.41) is 10.5. The number of fused-ring (bicyclic) bond motifs is 3. The maximum absolute atomic E-state index is 13.5. The van der Waals surface area contributed by atoms with Gasteiger partial charge in [0.1, 0.15) is 0 Å². The molecule has 4 rings (SSSR count). The van der Waals surface area contributed by atoms with Gasteiger partial charge in [-0.1, -0.05) is 13.8 Å². The zero-order chi connectivity index (χ0) is 24.3. The van der Waals surface area contributed by atoms with E-state index in [1.807, 2.05) is 24.5 Å². The summed E-state index contributed by atoms with van der Waals surface area (Å²) in [6.45, 7) is 5.61. The highest BCUT2D eigenvalue weighted by molar-refractivity contribution is 7.90. The zero-order valence-corrected chi connectivity index (χ0v) is 19.5. The molecule has 0 aliphatic carbocycles. The fraction of sp³-hybridized carbons (Fsp3) is 0.455. The number of aliphatic hydroxyl groups is 1. The van der Waals surface area contributed by atoms with Gasteiger partial charge in [0.25, 0.3) is 0 Å². The van der Waals surface area contributed by atoms with Crippen molar-refractivity contribution in [1.29, 1.82) is 0 Å². The molecule has 1 aliphatic heterocycles. The average molecular weight is 483 g/mol. The van der Waals surface area contributed by atoms with E-state index >= 15 is 0 Å². The largest absolute Gasteiger partial charge is 0.433 e. The summed E-state index contributed by atoms with van der Waals surface area (Å²) in [6, 6.07) is 4.80. The summed E-state index contributed by atoms with van der Waals surface area (Å²) >= 11 is 0. The predicted octanol–water partition coefficient (Wildman–Crippen LogP) is 3.87. The first-order chi connectivity index (χ1) is 15.3. The third-order valence-corrected chi connectivity index (χ3v) is 7.18. The minimum atomic E-state index is -4.58. The van der Waals surface area contributed by atoms with Crippen LogP contribution in [0.1, 0.15) is 42.4 Å². The van der Waals surface area contributed by atoms with Crippen molar-refractivity contribution in [2.75, 3.05) is 17.7 Å². The topological polar surface area (TPSA) is 88.3 Å². The molecule has 1 aliphatic rings. The van der Waals surface area contributed by atoms with Crippen LogP contribution in [0, 0.1) is 12.8 Å². The summed E-state index contributed by atoms with van der Waals surface area (Å²) in [7, 11) is -3.56. The van der Waals surface area contributed by atoms with Crippen LogP contribution in [-0.2, 0) is 29.2 Å². The van der Waals surface area contributed by atoms with Crippen LogP contribution in [0.3, 0.4) is 0 Å². The minimum absolute atomic E-state index is 0.000655. The summed E-state index contributed by atoms with van der Waals surface area (Å²) in [5.41, 5.74) is 0.852. The fourth-order valence-electron chi connectivity index (χ4n) is 4.61. The fourth-order valence-corrected chi connectivity index (χ4v) is 5.54. The number of nitrogens with zero attached hydrogens (tertiary/aromatic N) is 4. The highest BCUT2D eigenvalue weighted by Gasteiger charge is 2.38. The molecule has 0 spiro atoms. The molecule has 3 aromatic rings. The zero-order valence-electron chi connectivity index (χ0n) is 18.7. The van der Waals surface area contributed by atoms with Gasteiger partial charge in [0.05, 0.1) is 17.5 Å². The molecular weight excluding hydrogens is 457 g/mol. The Kier molecular flexibility index (Phi) is 5.68. The number of hydrogen-bond acceptors (Lipinski definition) is 6. The number of aromatic nitrogens is 3. The van der Waals surface area contributed by atoms with Gasteiger partial charge in [0.15, 0.2) is 15.5 Å². The molecule has 0 amide bonds. The number of sulfone groups is 1. The summed E-state index contributed by atoms with van der Waals surface area (Å²) in [5.74, 6) is 0.00953. The number of halogens is 3. The monoisotopic (exact) mass is 482 g/mol. The second-order valence-corrected chi connectivity index (χ2v) is 10.7. The standard InChI is InChI=1S/C22H25F3N4O3S/c1-12(2)19-17-8-14-7-15(11-30)18(33(4,31)32)9-16(14)28(17)5-6-29(19)21-26-10-13(3)20(27-21)22(23,24)25/h7-10,12,19,30H,5-6,11H2,1-4H3/t19-/m1/s1. The smallest absolute Gasteiger partial charge is 0.392 e. The van der Waals surface area contributed by atoms with Crippen molar-refractivity contribution >= 4 is 26.7 Å². The van der Waals surface area contributed by atoms with E-state index in [-0.39, 0.29) is 28.4 Å². The van der Waals surface area contributed by atoms with Gasteiger partial charge < -0.3 is 14.6 Å². The Morgan fingerprint density at radius 2 is 1.91 bits per heavy atom. The van der Waals surface area contributed by atoms with E-state index in [0.29, 0.717) is 24.2 Å². The quantitative estimate of drug-likeness (QED) is 0.607. The lowest BCUT2D eigenvalue weighted by atomic mass is 9.97. The van der Waals surface area contributed by atoms with Crippen molar-refractivity contribution in [3.8, 4) is 0 Å². The molecule has 7 nitrogen and oxygen atoms in total. The van der Waals surface area contributed by atoms with Crippen LogP contribution in [-0.4, -0.2) is 40.9 Å². The molecule has 0 fully saturated rings. The summed E-state index contributed by atoms with van der Waals surface area (Å²) in [4.78, 5) is 9.92. The van der Waals surface area contributed by atoms with Gasteiger partial charge in [-0.3, -0.25) is 0 Å². The molecule has 1 atom stereocenters. The van der Waals surface area contributed by atoms with Crippen molar-refractivity contribution in [1.82, 2.24) is 14.5 Å². The van der Waals surface area contributed by atoms with Crippen molar-refractivity contribution in [2.24, 2.45) is 5.92 Å². The first kappa shape index (κ1) is 23.5. The molecule has 0 radical (unpaired) electrons. The van der Waals surface area contributed by atoms with Crippen LogP contribution in [0.15, 0.2) is 29.3 Å². The first-order valence-corrected chi connectivity index (χ1v) is 12.4. The molecule has 0 bridgehead atoms. The second kappa shape index (κ2) is 7.98. The molecular formula is C22H25F3N4O3S. The third kappa shape index (κ3) is 4.08. The molecule has 1 N–H and O–H groups in total. The molecule has 0 saturated carbocycles. The molecule has 0 saturated heterocycles. The number of alkyl halides is 3. The highest BCUT2D eigenvalue weighted by Crippen LogP contribution is 2.40. The Bertz CT molecular complexity index is 1330. The first-order valence-electron chi connectivity index (χ1n) is 10.5. The van der Waals surface area contributed by atoms with E-state index in [1.54, 1.807) is 17.0 Å². The Morgan fingerprint density at radius 1 is 1.21 bits per heavy atom. The van der Waals surface area contributed by atoms with Crippen molar-refractivity contribution in [3.63, 3.8) is 0 Å². The van der Waals surface area contributed by atoms with Crippen LogP contribution in [0.4, 0.5) is 19.1 Å². The van der Waals surface area contributed by atoms with Gasteiger partial charge in [0, 0.05) is 42.1 Å². The van der Waals surface area contributed by atoms with E-state index < -0.39 is 28.3 Å². The Morgan fingerprint density at radius 3 is 2.48 bits per heavy atom. The number of aliphatic hydroxyl groups excluding tert-OH is 1. The van der Waals surface area contributed by atoms with Crippen LogP contribution < -0.4 is 4.90 Å². The summed E-state index contributed by atoms with van der Waals surface area (Å²) in [6.07, 6.45) is -2.29. The van der Waals surface area contributed by atoms with Crippen LogP contribution in [0.25, 0.3) is 10.9 Å². The third-order valence-electron chi connectivity index (χ3n) is 6.00. The van der Waals surface area contributed by atoms with Crippen molar-refractivity contribution in [3.05, 3.63) is 46.9 Å². The van der Waals surface area contributed by atoms with Gasteiger partial charge in [-0.05, 0) is 42.2 Å². The Balaban J connectivity index is 1.88. The number of rotatable bonds is 4. The van der Waals surface area contributed by atoms with E-state index in [2.05, 4.69) is 9.97 Å². The number of anilines is 1. The lowest BCUT2D eigenvalue weighted by molar-refractivity contribution is -0.141. The maximum atomic E-state index is 13.5. The predicted molar refractivity (Wildman–Crippen MR) is 118 cm³/mol. The lowest BCUT2D eigenvalue weighted by Gasteiger charge is -2.39. The van der Waals surface area contributed by atoms with Crippen LogP contribution in [0.2, 0.25) is 0 Å². The van der Waals surface area contributed by atoms with E-state index in [4.69, 9.17) is 0 Å². The van der Waals surface area contributed by atoms with Gasteiger partial charge in [0.2, 0.25) is 5.95 Å². The molecule has 2 aromatic heterocycles. The van der Waals surface area contributed by atoms with E-state index in [1.165, 1.54) is 13.1 Å². The highest BCUT2D eigenvalue weighted by atomic mass is 32.2. The number of aryl methyl sites for hydroxylation is 1. The molecule has 33 heavy (non-hydrogen) atoms. The molecule has 3 heterocycles. The van der Waals surface area contributed by atoms with Crippen molar-refractivity contribution in [2.45, 2.75) is 51.0 Å². The van der Waals surface area contributed by atoms with Crippen LogP contribution in [0.5, 0.6) is 0 Å². The molecule has 1 aromatic carbocycles. The van der Waals surface area contributed by atoms with Crippen molar-refractivity contribution < 1.29 is 26.7 Å². The minimum Gasteiger partial charge on any atom is -0.392 e. The van der Waals surface area contributed by atoms with E-state index in [9.17, 15) is 26.7 Å². The molecule has 178 valence electrons. The SMILES string of the molecule is Cc1cnc(N2CCn3c(cc4cc(CO)c(S(C)(=O)=O)cc43)[C@H]2C(C)C)nc1C(F)(F)F. The second-order valence-electron chi connectivity index (χ2n) is 8.75. The van der Waals surface area contributed by atoms with E-state index in [0.717, 1.165) is 17.3 Å². The number of benzene rings is 1. The lowest BCUT2D eigenvalue weighted by Crippen LogP contribution is -2.41. The van der Waals surface area contributed by atoms with Gasteiger partial charge in [-0.25, -0.2) is 18.4 Å². The van der Waals surface area contributed by atoms with Gasteiger partial charge >= 0.3 is 6.18 Å². The normalized spacial score (nSPS) is 17.1. The molecule has 11 heteroatoms. The average Bonchev–Trinajstić information content (AvgIpc) is 3.08. The summed E-state index contributed by atoms with van der Waals surface area (Å²) < 4.78 is 66.9. The maximum Gasteiger partial charge on any atom is 0.433 e.